The third kappa shape index (κ3) is 4.25. The first-order chi connectivity index (χ1) is 13.8. The molecule has 2 N–H and O–H groups in total. The third-order valence-corrected chi connectivity index (χ3v) is 6.41. The Morgan fingerprint density at radius 1 is 1.17 bits per heavy atom. The molecule has 0 unspecified atom stereocenters. The van der Waals surface area contributed by atoms with Gasteiger partial charge in [0.15, 0.2) is 0 Å². The zero-order valence-corrected chi connectivity index (χ0v) is 17.5. The van der Waals surface area contributed by atoms with E-state index < -0.39 is 17.8 Å². The number of carbonyl (C=O) groups excluding carboxylic acids is 1. The van der Waals surface area contributed by atoms with Crippen LogP contribution in [0.25, 0.3) is 11.1 Å². The second-order valence-corrected chi connectivity index (χ2v) is 8.83. The number of allylic oxidation sites excluding steroid dienone is 2. The van der Waals surface area contributed by atoms with Crippen LogP contribution in [-0.2, 0) is 9.59 Å². The number of hydrogen-bond donors (Lipinski definition) is 2. The number of anilines is 1. The number of carboxylic acids is 1. The zero-order valence-electron chi connectivity index (χ0n) is 16.7. The van der Waals surface area contributed by atoms with Crippen molar-refractivity contribution in [2.75, 3.05) is 5.32 Å². The quantitative estimate of drug-likeness (QED) is 0.655. The van der Waals surface area contributed by atoms with E-state index in [9.17, 15) is 20.0 Å². The lowest BCUT2D eigenvalue weighted by atomic mass is 9.82. The van der Waals surface area contributed by atoms with Crippen molar-refractivity contribution in [1.29, 1.82) is 5.26 Å². The molecular formula is C23H24N2O3S. The number of hydrogen-bond acceptors (Lipinski definition) is 4. The van der Waals surface area contributed by atoms with E-state index in [1.165, 1.54) is 16.9 Å². The Kier molecular flexibility index (Phi) is 6.19. The van der Waals surface area contributed by atoms with E-state index in [0.717, 1.165) is 16.0 Å². The SMILES string of the molecule is Cc1sc(NC(=O)[C@H]2CC=CC[C@@H]2C(=O)O)c(C#N)c1-c1ccc(C(C)C)cc1. The van der Waals surface area contributed by atoms with E-state index in [4.69, 9.17) is 0 Å². The van der Waals surface area contributed by atoms with Crippen LogP contribution in [0.4, 0.5) is 5.00 Å². The highest BCUT2D eigenvalue weighted by Crippen LogP contribution is 2.40. The highest BCUT2D eigenvalue weighted by molar-refractivity contribution is 7.17. The van der Waals surface area contributed by atoms with Crippen LogP contribution in [-0.4, -0.2) is 17.0 Å². The van der Waals surface area contributed by atoms with E-state index >= 15 is 0 Å². The molecule has 1 aromatic heterocycles. The number of carboxylic acid groups (broad SMARTS) is 1. The maximum Gasteiger partial charge on any atom is 0.307 e. The number of aliphatic carboxylic acids is 1. The first kappa shape index (κ1) is 20.8. The fourth-order valence-corrected chi connectivity index (χ4v) is 4.73. The molecule has 0 aliphatic heterocycles. The first-order valence-electron chi connectivity index (χ1n) is 9.66. The van der Waals surface area contributed by atoms with Crippen molar-refractivity contribution >= 4 is 28.2 Å². The number of thiophene rings is 1. The summed E-state index contributed by atoms with van der Waals surface area (Å²) >= 11 is 1.35. The van der Waals surface area contributed by atoms with Gasteiger partial charge in [0, 0.05) is 10.4 Å². The lowest BCUT2D eigenvalue weighted by Gasteiger charge is -2.23. The molecule has 1 amide bonds. The molecule has 0 saturated carbocycles. The molecule has 0 radical (unpaired) electrons. The van der Waals surface area contributed by atoms with Crippen molar-refractivity contribution in [3.8, 4) is 17.2 Å². The van der Waals surface area contributed by atoms with Gasteiger partial charge in [-0.25, -0.2) is 0 Å². The average Bonchev–Trinajstić information content (AvgIpc) is 3.02. The predicted molar refractivity (Wildman–Crippen MR) is 115 cm³/mol. The Morgan fingerprint density at radius 2 is 1.79 bits per heavy atom. The van der Waals surface area contributed by atoms with Crippen molar-refractivity contribution in [3.05, 3.63) is 52.4 Å². The van der Waals surface area contributed by atoms with Crippen LogP contribution < -0.4 is 5.32 Å². The Labute approximate surface area is 174 Å². The van der Waals surface area contributed by atoms with Crippen molar-refractivity contribution < 1.29 is 14.7 Å². The van der Waals surface area contributed by atoms with Crippen LogP contribution in [0.15, 0.2) is 36.4 Å². The fraction of sp³-hybridized carbons (Fsp3) is 0.348. The summed E-state index contributed by atoms with van der Waals surface area (Å²) in [7, 11) is 0. The summed E-state index contributed by atoms with van der Waals surface area (Å²) < 4.78 is 0. The van der Waals surface area contributed by atoms with Gasteiger partial charge >= 0.3 is 5.97 Å². The summed E-state index contributed by atoms with van der Waals surface area (Å²) in [5.41, 5.74) is 3.40. The number of rotatable bonds is 5. The smallest absolute Gasteiger partial charge is 0.307 e. The van der Waals surface area contributed by atoms with Crippen LogP contribution in [0.3, 0.4) is 0 Å². The van der Waals surface area contributed by atoms with Crippen LogP contribution in [0.1, 0.15) is 48.6 Å². The van der Waals surface area contributed by atoms with Crippen molar-refractivity contribution in [3.63, 3.8) is 0 Å². The number of nitriles is 1. The molecule has 6 heteroatoms. The average molecular weight is 409 g/mol. The molecule has 1 aliphatic carbocycles. The Morgan fingerprint density at radius 3 is 2.34 bits per heavy atom. The topological polar surface area (TPSA) is 90.2 Å². The van der Waals surface area contributed by atoms with Gasteiger partial charge in [-0.05, 0) is 36.8 Å². The lowest BCUT2D eigenvalue weighted by molar-refractivity contribution is -0.146. The molecule has 150 valence electrons. The number of carbonyl (C=O) groups is 2. The van der Waals surface area contributed by atoms with Crippen molar-refractivity contribution in [2.24, 2.45) is 11.8 Å². The largest absolute Gasteiger partial charge is 0.481 e. The molecule has 2 aromatic rings. The Hall–Kier alpha value is -2.91. The number of amides is 1. The van der Waals surface area contributed by atoms with Gasteiger partial charge in [-0.15, -0.1) is 11.3 Å². The molecular weight excluding hydrogens is 384 g/mol. The summed E-state index contributed by atoms with van der Waals surface area (Å²) in [6.07, 6.45) is 4.38. The van der Waals surface area contributed by atoms with Gasteiger partial charge < -0.3 is 10.4 Å². The monoisotopic (exact) mass is 408 g/mol. The summed E-state index contributed by atoms with van der Waals surface area (Å²) in [4.78, 5) is 25.3. The van der Waals surface area contributed by atoms with E-state index in [-0.39, 0.29) is 5.91 Å². The molecule has 5 nitrogen and oxygen atoms in total. The van der Waals surface area contributed by atoms with Crippen LogP contribution in [0.5, 0.6) is 0 Å². The fourth-order valence-electron chi connectivity index (χ4n) is 3.70. The summed E-state index contributed by atoms with van der Waals surface area (Å²) in [6.45, 7) is 6.18. The van der Waals surface area contributed by atoms with Crippen LogP contribution >= 0.6 is 11.3 Å². The van der Waals surface area contributed by atoms with E-state index in [1.54, 1.807) is 6.08 Å². The molecule has 1 aliphatic rings. The van der Waals surface area contributed by atoms with Gasteiger partial charge in [-0.1, -0.05) is 50.3 Å². The maximum absolute atomic E-state index is 12.8. The molecule has 0 saturated heterocycles. The number of nitrogens with one attached hydrogen (secondary N) is 1. The third-order valence-electron chi connectivity index (χ3n) is 5.39. The standard InChI is InChI=1S/C23H24N2O3S/c1-13(2)15-8-10-16(11-9-15)20-14(3)29-22(19(20)12-24)25-21(26)17-6-4-5-7-18(17)23(27)28/h4-5,8-11,13,17-18H,6-7H2,1-3H3,(H,25,26)(H,27,28)/t17-,18-/m0/s1. The normalized spacial score (nSPS) is 18.4. The number of aryl methyl sites for hydroxylation is 1. The summed E-state index contributed by atoms with van der Waals surface area (Å²) in [6, 6.07) is 10.4. The predicted octanol–water partition coefficient (Wildman–Crippen LogP) is 5.32. The highest BCUT2D eigenvalue weighted by Gasteiger charge is 2.34. The molecule has 0 bridgehead atoms. The maximum atomic E-state index is 12.8. The minimum absolute atomic E-state index is 0.343. The molecule has 29 heavy (non-hydrogen) atoms. The van der Waals surface area contributed by atoms with Gasteiger partial charge in [0.25, 0.3) is 0 Å². The van der Waals surface area contributed by atoms with E-state index in [2.05, 4.69) is 37.4 Å². The molecule has 3 rings (SSSR count). The Balaban J connectivity index is 1.91. The first-order valence-corrected chi connectivity index (χ1v) is 10.5. The highest BCUT2D eigenvalue weighted by atomic mass is 32.1. The minimum atomic E-state index is -0.969. The van der Waals surface area contributed by atoms with Crippen molar-refractivity contribution in [1.82, 2.24) is 0 Å². The second kappa shape index (κ2) is 8.62. The van der Waals surface area contributed by atoms with Gasteiger partial charge in [-0.2, -0.15) is 5.26 Å². The number of nitrogens with zero attached hydrogens (tertiary/aromatic N) is 1. The Bertz CT molecular complexity index is 996. The molecule has 0 fully saturated rings. The van der Waals surface area contributed by atoms with Crippen LogP contribution in [0, 0.1) is 30.1 Å². The molecule has 1 heterocycles. The number of benzene rings is 1. The van der Waals surface area contributed by atoms with Crippen molar-refractivity contribution in [2.45, 2.75) is 39.5 Å². The van der Waals surface area contributed by atoms with Gasteiger partial charge in [0.05, 0.1) is 17.4 Å². The molecule has 0 spiro atoms. The van der Waals surface area contributed by atoms with Gasteiger partial charge in [0.2, 0.25) is 5.91 Å². The minimum Gasteiger partial charge on any atom is -0.481 e. The van der Waals surface area contributed by atoms with Gasteiger partial charge in [-0.3, -0.25) is 9.59 Å². The zero-order chi connectivity index (χ0) is 21.1. The van der Waals surface area contributed by atoms with Crippen LogP contribution in [0.2, 0.25) is 0 Å². The second-order valence-electron chi connectivity index (χ2n) is 7.61. The summed E-state index contributed by atoms with van der Waals surface area (Å²) in [5.74, 6) is -2.27. The lowest BCUT2D eigenvalue weighted by Crippen LogP contribution is -2.34. The molecule has 2 atom stereocenters. The van der Waals surface area contributed by atoms with Gasteiger partial charge in [0.1, 0.15) is 11.1 Å². The van der Waals surface area contributed by atoms with E-state index in [0.29, 0.717) is 29.3 Å². The molecule has 1 aromatic carbocycles. The van der Waals surface area contributed by atoms with E-state index in [1.807, 2.05) is 25.1 Å². The summed E-state index contributed by atoms with van der Waals surface area (Å²) in [5, 5.41) is 22.5.